The Balaban J connectivity index is 1.45. The van der Waals surface area contributed by atoms with Crippen LogP contribution in [-0.4, -0.2) is 37.1 Å². The average Bonchev–Trinajstić information content (AvgIpc) is 3.07. The number of fused-ring (bicyclic) bond motifs is 2. The number of hydrogen-bond acceptors (Lipinski definition) is 4. The Kier molecular flexibility index (Phi) is 4.91. The van der Waals surface area contributed by atoms with Crippen LogP contribution >= 0.6 is 23.2 Å². The number of hydrogen-bond donors (Lipinski definition) is 0. The summed E-state index contributed by atoms with van der Waals surface area (Å²) in [7, 11) is 1.90. The fourth-order valence-electron chi connectivity index (χ4n) is 4.16. The van der Waals surface area contributed by atoms with E-state index in [0.717, 1.165) is 33.7 Å². The molecule has 0 saturated heterocycles. The van der Waals surface area contributed by atoms with Crippen molar-refractivity contribution in [1.29, 1.82) is 0 Å². The number of amides is 1. The molecule has 6 nitrogen and oxygen atoms in total. The Bertz CT molecular complexity index is 1330. The second kappa shape index (κ2) is 7.62. The second-order valence-corrected chi connectivity index (χ2v) is 8.62. The van der Waals surface area contributed by atoms with Gasteiger partial charge >= 0.3 is 0 Å². The Hall–Kier alpha value is -2.96. The van der Waals surface area contributed by atoms with Gasteiger partial charge in [-0.2, -0.15) is 5.10 Å². The Morgan fingerprint density at radius 2 is 1.84 bits per heavy atom. The van der Waals surface area contributed by atoms with Crippen molar-refractivity contribution in [3.8, 4) is 11.3 Å². The van der Waals surface area contributed by atoms with Gasteiger partial charge in [0.05, 0.1) is 34.7 Å². The molecule has 0 atom stereocenters. The van der Waals surface area contributed by atoms with Crippen LogP contribution in [0.15, 0.2) is 42.6 Å². The first kappa shape index (κ1) is 20.0. The zero-order valence-electron chi connectivity index (χ0n) is 17.1. The summed E-state index contributed by atoms with van der Waals surface area (Å²) >= 11 is 12.4. The average molecular weight is 452 g/mol. The summed E-state index contributed by atoms with van der Waals surface area (Å²) in [5.74, 6) is -0.0343. The number of halogens is 2. The molecular formula is C23H19Cl2N5O. The van der Waals surface area contributed by atoms with Crippen LogP contribution in [0.2, 0.25) is 10.0 Å². The zero-order chi connectivity index (χ0) is 21.7. The van der Waals surface area contributed by atoms with Crippen molar-refractivity contribution >= 4 is 40.1 Å². The molecule has 0 saturated carbocycles. The van der Waals surface area contributed by atoms with E-state index in [1.807, 2.05) is 47.8 Å². The van der Waals surface area contributed by atoms with Crippen molar-refractivity contribution in [1.82, 2.24) is 24.6 Å². The third-order valence-electron chi connectivity index (χ3n) is 5.53. The molecule has 1 amide bonds. The first-order chi connectivity index (χ1) is 14.9. The van der Waals surface area contributed by atoms with Crippen LogP contribution in [-0.2, 0) is 20.0 Å². The smallest absolute Gasteiger partial charge is 0.254 e. The summed E-state index contributed by atoms with van der Waals surface area (Å²) < 4.78 is 1.84. The molecule has 5 rings (SSSR count). The fraction of sp³-hybridized carbons (Fsp3) is 0.217. The molecule has 0 unspecified atom stereocenters. The lowest BCUT2D eigenvalue weighted by Crippen LogP contribution is -2.36. The highest BCUT2D eigenvalue weighted by Crippen LogP contribution is 2.33. The first-order valence-electron chi connectivity index (χ1n) is 9.93. The minimum Gasteiger partial charge on any atom is -0.332 e. The van der Waals surface area contributed by atoms with E-state index in [9.17, 15) is 4.79 Å². The van der Waals surface area contributed by atoms with Crippen LogP contribution in [0, 0.1) is 6.92 Å². The summed E-state index contributed by atoms with van der Waals surface area (Å²) in [6.45, 7) is 2.96. The molecular weight excluding hydrogens is 433 g/mol. The predicted octanol–water partition coefficient (Wildman–Crippen LogP) is 4.84. The van der Waals surface area contributed by atoms with Gasteiger partial charge < -0.3 is 4.90 Å². The van der Waals surface area contributed by atoms with Crippen LogP contribution < -0.4 is 0 Å². The van der Waals surface area contributed by atoms with Crippen molar-refractivity contribution in [2.24, 2.45) is 7.05 Å². The summed E-state index contributed by atoms with van der Waals surface area (Å²) in [5, 5.41) is 5.85. The predicted molar refractivity (Wildman–Crippen MR) is 121 cm³/mol. The van der Waals surface area contributed by atoms with E-state index in [1.165, 1.54) is 0 Å². The van der Waals surface area contributed by atoms with E-state index in [-0.39, 0.29) is 5.91 Å². The topological polar surface area (TPSA) is 63.9 Å². The Labute approximate surface area is 189 Å². The van der Waals surface area contributed by atoms with Gasteiger partial charge in [0.25, 0.3) is 5.91 Å². The van der Waals surface area contributed by atoms with E-state index in [2.05, 4.69) is 15.1 Å². The van der Waals surface area contributed by atoms with Gasteiger partial charge in [0.1, 0.15) is 0 Å². The van der Waals surface area contributed by atoms with Crippen molar-refractivity contribution in [2.45, 2.75) is 19.9 Å². The Morgan fingerprint density at radius 1 is 1.06 bits per heavy atom. The van der Waals surface area contributed by atoms with Gasteiger partial charge in [-0.1, -0.05) is 23.2 Å². The van der Waals surface area contributed by atoms with Crippen LogP contribution in [0.3, 0.4) is 0 Å². The molecule has 0 aliphatic carbocycles. The SMILES string of the molecule is Cc1cnc2cc(C(=O)N3CCc4c(nn(C)c4-c4cc(Cl)cc(Cl)c4)C3)ccc2n1. The molecule has 0 spiro atoms. The van der Waals surface area contributed by atoms with E-state index < -0.39 is 0 Å². The van der Waals surface area contributed by atoms with Crippen LogP contribution in [0.1, 0.15) is 27.3 Å². The maximum absolute atomic E-state index is 13.2. The number of benzene rings is 2. The van der Waals surface area contributed by atoms with Crippen molar-refractivity contribution in [3.05, 3.63) is 75.2 Å². The van der Waals surface area contributed by atoms with Gasteiger partial charge in [-0.25, -0.2) is 4.98 Å². The molecule has 0 radical (unpaired) electrons. The third kappa shape index (κ3) is 3.66. The molecule has 1 aliphatic heterocycles. The molecule has 4 aromatic rings. The molecule has 2 aromatic carbocycles. The molecule has 0 fully saturated rings. The van der Waals surface area contributed by atoms with Gasteiger partial charge in [0, 0.05) is 46.5 Å². The van der Waals surface area contributed by atoms with E-state index >= 15 is 0 Å². The normalized spacial score (nSPS) is 13.5. The quantitative estimate of drug-likeness (QED) is 0.437. The standard InChI is InChI=1S/C23H19Cl2N5O/c1-13-11-26-20-9-14(3-4-19(20)27-13)23(31)30-6-5-18-21(12-30)28-29(2)22(18)15-7-16(24)10-17(25)8-15/h3-4,7-11H,5-6,12H2,1-2H3. The lowest BCUT2D eigenvalue weighted by Gasteiger charge is -2.26. The lowest BCUT2D eigenvalue weighted by atomic mass is 9.99. The highest BCUT2D eigenvalue weighted by Gasteiger charge is 2.28. The minimum absolute atomic E-state index is 0.0343. The fourth-order valence-corrected chi connectivity index (χ4v) is 4.69. The zero-order valence-corrected chi connectivity index (χ0v) is 18.6. The van der Waals surface area contributed by atoms with E-state index in [0.29, 0.717) is 40.6 Å². The second-order valence-electron chi connectivity index (χ2n) is 7.75. The number of carbonyl (C=O) groups is 1. The van der Waals surface area contributed by atoms with Gasteiger partial charge in [0.2, 0.25) is 0 Å². The minimum atomic E-state index is -0.0343. The summed E-state index contributed by atoms with van der Waals surface area (Å²) in [5.41, 5.74) is 6.89. The monoisotopic (exact) mass is 451 g/mol. The molecule has 31 heavy (non-hydrogen) atoms. The van der Waals surface area contributed by atoms with Gasteiger partial charge in [-0.3, -0.25) is 14.5 Å². The largest absolute Gasteiger partial charge is 0.332 e. The number of nitrogens with zero attached hydrogens (tertiary/aromatic N) is 5. The van der Waals surface area contributed by atoms with Crippen LogP contribution in [0.25, 0.3) is 22.3 Å². The summed E-state index contributed by atoms with van der Waals surface area (Å²) in [6, 6.07) is 11.0. The van der Waals surface area contributed by atoms with Crippen molar-refractivity contribution in [3.63, 3.8) is 0 Å². The van der Waals surface area contributed by atoms with Crippen LogP contribution in [0.4, 0.5) is 0 Å². The molecule has 2 aromatic heterocycles. The number of aromatic nitrogens is 4. The Morgan fingerprint density at radius 3 is 2.61 bits per heavy atom. The molecule has 0 bridgehead atoms. The van der Waals surface area contributed by atoms with Gasteiger partial charge in [0.15, 0.2) is 0 Å². The molecule has 3 heterocycles. The van der Waals surface area contributed by atoms with Gasteiger partial charge in [-0.05, 0) is 49.7 Å². The number of carbonyl (C=O) groups excluding carboxylic acids is 1. The number of aryl methyl sites for hydroxylation is 2. The maximum atomic E-state index is 13.2. The van der Waals surface area contributed by atoms with Crippen molar-refractivity contribution in [2.75, 3.05) is 6.54 Å². The van der Waals surface area contributed by atoms with Gasteiger partial charge in [-0.15, -0.1) is 0 Å². The summed E-state index contributed by atoms with van der Waals surface area (Å²) in [6.07, 6.45) is 2.42. The molecule has 1 aliphatic rings. The highest BCUT2D eigenvalue weighted by molar-refractivity contribution is 6.35. The maximum Gasteiger partial charge on any atom is 0.254 e. The molecule has 8 heteroatoms. The highest BCUT2D eigenvalue weighted by atomic mass is 35.5. The van der Waals surface area contributed by atoms with Crippen LogP contribution in [0.5, 0.6) is 0 Å². The molecule has 156 valence electrons. The third-order valence-corrected chi connectivity index (χ3v) is 5.97. The first-order valence-corrected chi connectivity index (χ1v) is 10.7. The van der Waals surface area contributed by atoms with Crippen molar-refractivity contribution < 1.29 is 4.79 Å². The molecule has 0 N–H and O–H groups in total. The lowest BCUT2D eigenvalue weighted by molar-refractivity contribution is 0.0732. The van der Waals surface area contributed by atoms with E-state index in [4.69, 9.17) is 23.2 Å². The van der Waals surface area contributed by atoms with E-state index in [1.54, 1.807) is 18.3 Å². The summed E-state index contributed by atoms with van der Waals surface area (Å²) in [4.78, 5) is 23.9. The number of rotatable bonds is 2.